The van der Waals surface area contributed by atoms with Crippen LogP contribution in [0.25, 0.3) is 0 Å². The Morgan fingerprint density at radius 2 is 1.36 bits per heavy atom. The van der Waals surface area contributed by atoms with E-state index < -0.39 is 66.9 Å². The van der Waals surface area contributed by atoms with Gasteiger partial charge in [0.1, 0.15) is 18.1 Å². The maximum Gasteiger partial charge on any atom is 0.326 e. The molecule has 4 atom stereocenters. The summed E-state index contributed by atoms with van der Waals surface area (Å²) in [6, 6.07) is 3.09. The number of rotatable bonds is 13. The zero-order chi connectivity index (χ0) is 25.1. The Bertz CT molecular complexity index is 846. The average Bonchev–Trinajstić information content (AvgIpc) is 2.75. The number of nitrogens with two attached hydrogens (primary N) is 1. The van der Waals surface area contributed by atoms with Gasteiger partial charge in [0.2, 0.25) is 17.7 Å². The number of aliphatic hydroxyl groups excluding tert-OH is 1. The predicted octanol–water partition coefficient (Wildman–Crippen LogP) is -1.78. The van der Waals surface area contributed by atoms with E-state index in [1.54, 1.807) is 44.2 Å². The molecule has 0 fully saturated rings. The summed E-state index contributed by atoms with van der Waals surface area (Å²) < 4.78 is 0. The number of aliphatic carboxylic acids is 2. The van der Waals surface area contributed by atoms with Crippen LogP contribution in [0, 0.1) is 5.92 Å². The fourth-order valence-electron chi connectivity index (χ4n) is 2.74. The number of hydrogen-bond acceptors (Lipinski definition) is 7. The Labute approximate surface area is 190 Å². The summed E-state index contributed by atoms with van der Waals surface area (Å²) in [4.78, 5) is 59.8. The summed E-state index contributed by atoms with van der Waals surface area (Å²) >= 11 is 0. The van der Waals surface area contributed by atoms with Gasteiger partial charge in [0.15, 0.2) is 0 Å². The first-order valence-corrected chi connectivity index (χ1v) is 10.2. The summed E-state index contributed by atoms with van der Waals surface area (Å²) in [6.45, 7) is 2.63. The molecule has 0 saturated heterocycles. The van der Waals surface area contributed by atoms with Gasteiger partial charge in [0.05, 0.1) is 19.1 Å². The van der Waals surface area contributed by atoms with E-state index in [1.807, 2.05) is 0 Å². The highest BCUT2D eigenvalue weighted by molar-refractivity contribution is 5.94. The quantitative estimate of drug-likeness (QED) is 0.175. The van der Waals surface area contributed by atoms with Crippen LogP contribution in [0.5, 0.6) is 0 Å². The third kappa shape index (κ3) is 9.25. The zero-order valence-corrected chi connectivity index (χ0v) is 18.4. The molecule has 0 aliphatic carbocycles. The highest BCUT2D eigenvalue weighted by atomic mass is 16.4. The molecule has 0 aliphatic heterocycles. The van der Waals surface area contributed by atoms with Crippen molar-refractivity contribution >= 4 is 29.7 Å². The molecule has 0 saturated carbocycles. The maximum absolute atomic E-state index is 12.8. The highest BCUT2D eigenvalue weighted by Crippen LogP contribution is 2.06. The molecular formula is C21H30N4O8. The van der Waals surface area contributed by atoms with Crippen molar-refractivity contribution in [2.45, 2.75) is 50.9 Å². The third-order valence-corrected chi connectivity index (χ3v) is 4.75. The van der Waals surface area contributed by atoms with E-state index >= 15 is 0 Å². The summed E-state index contributed by atoms with van der Waals surface area (Å²) in [5.74, 6) is -5.73. The minimum absolute atomic E-state index is 0.0601. The summed E-state index contributed by atoms with van der Waals surface area (Å²) in [6.07, 6.45) is -0.926. The zero-order valence-electron chi connectivity index (χ0n) is 18.4. The van der Waals surface area contributed by atoms with E-state index in [1.165, 1.54) is 0 Å². The Kier molecular flexibility index (Phi) is 11.0. The monoisotopic (exact) mass is 466 g/mol. The molecular weight excluding hydrogens is 436 g/mol. The van der Waals surface area contributed by atoms with Crippen molar-refractivity contribution in [1.29, 1.82) is 0 Å². The minimum atomic E-state index is -1.72. The SMILES string of the molecule is CC(C)C(N)C(=O)NC(CO)C(=O)NC(Cc1ccccc1)C(=O)NC(CC(=O)O)C(=O)O. The number of benzene rings is 1. The molecule has 0 aliphatic rings. The van der Waals surface area contributed by atoms with E-state index in [9.17, 15) is 34.2 Å². The number of carbonyl (C=O) groups is 5. The van der Waals surface area contributed by atoms with Gasteiger partial charge in [0.25, 0.3) is 0 Å². The minimum Gasteiger partial charge on any atom is -0.481 e. The Hall–Kier alpha value is -3.51. The van der Waals surface area contributed by atoms with Crippen LogP contribution in [0.15, 0.2) is 30.3 Å². The smallest absolute Gasteiger partial charge is 0.326 e. The van der Waals surface area contributed by atoms with E-state index in [4.69, 9.17) is 10.8 Å². The second-order valence-corrected chi connectivity index (χ2v) is 7.76. The maximum atomic E-state index is 12.8. The van der Waals surface area contributed by atoms with E-state index in [-0.39, 0.29) is 12.3 Å². The van der Waals surface area contributed by atoms with Crippen molar-refractivity contribution in [3.63, 3.8) is 0 Å². The van der Waals surface area contributed by atoms with Gasteiger partial charge in [-0.25, -0.2) is 4.79 Å². The van der Waals surface area contributed by atoms with Crippen molar-refractivity contribution in [3.05, 3.63) is 35.9 Å². The fraction of sp³-hybridized carbons (Fsp3) is 0.476. The van der Waals surface area contributed by atoms with Crippen LogP contribution in [0.2, 0.25) is 0 Å². The lowest BCUT2D eigenvalue weighted by molar-refractivity contribution is -0.147. The summed E-state index contributed by atoms with van der Waals surface area (Å²) in [5, 5.41) is 34.4. The van der Waals surface area contributed by atoms with E-state index in [2.05, 4.69) is 16.0 Å². The summed E-state index contributed by atoms with van der Waals surface area (Å²) in [7, 11) is 0. The molecule has 1 aromatic rings. The highest BCUT2D eigenvalue weighted by Gasteiger charge is 2.31. The number of nitrogens with one attached hydrogen (secondary N) is 3. The second-order valence-electron chi connectivity index (χ2n) is 7.76. The van der Waals surface area contributed by atoms with Gasteiger partial charge in [-0.1, -0.05) is 44.2 Å². The van der Waals surface area contributed by atoms with Crippen molar-refractivity contribution in [3.8, 4) is 0 Å². The van der Waals surface area contributed by atoms with Gasteiger partial charge in [-0.3, -0.25) is 19.2 Å². The summed E-state index contributed by atoms with van der Waals surface area (Å²) in [5.41, 5.74) is 6.36. The molecule has 0 spiro atoms. The average molecular weight is 466 g/mol. The molecule has 8 N–H and O–H groups in total. The van der Waals surface area contributed by atoms with Gasteiger partial charge < -0.3 is 37.0 Å². The molecule has 0 bridgehead atoms. The first kappa shape index (κ1) is 27.5. The molecule has 1 rings (SSSR count). The Morgan fingerprint density at radius 3 is 1.85 bits per heavy atom. The number of hydrogen-bond donors (Lipinski definition) is 7. The van der Waals surface area contributed by atoms with Crippen LogP contribution in [-0.2, 0) is 30.4 Å². The Balaban J connectivity index is 3.04. The molecule has 4 unspecified atom stereocenters. The van der Waals surface area contributed by atoms with Crippen LogP contribution in [0.1, 0.15) is 25.8 Å². The number of carbonyl (C=O) groups excluding carboxylic acids is 3. The first-order chi connectivity index (χ1) is 15.5. The third-order valence-electron chi connectivity index (χ3n) is 4.75. The topological polar surface area (TPSA) is 208 Å². The largest absolute Gasteiger partial charge is 0.481 e. The van der Waals surface area contributed by atoms with Crippen molar-refractivity contribution in [2.75, 3.05) is 6.61 Å². The van der Waals surface area contributed by atoms with Gasteiger partial charge in [-0.05, 0) is 11.5 Å². The number of aliphatic hydroxyl groups is 1. The lowest BCUT2D eigenvalue weighted by Gasteiger charge is -2.25. The molecule has 33 heavy (non-hydrogen) atoms. The van der Waals surface area contributed by atoms with Crippen molar-refractivity contribution in [2.24, 2.45) is 11.7 Å². The lowest BCUT2D eigenvalue weighted by atomic mass is 10.0. The standard InChI is InChI=1S/C21H30N4O8/c1-11(2)17(22)20(31)25-15(10-26)19(30)23-13(8-12-6-4-3-5-7-12)18(29)24-14(21(32)33)9-16(27)28/h3-7,11,13-15,17,26H,8-10,22H2,1-2H3,(H,23,30)(H,24,29)(H,25,31)(H,27,28)(H,32,33). The number of amides is 3. The van der Waals surface area contributed by atoms with Crippen LogP contribution in [-0.4, -0.2) is 75.8 Å². The molecule has 3 amide bonds. The van der Waals surface area contributed by atoms with Gasteiger partial charge >= 0.3 is 11.9 Å². The van der Waals surface area contributed by atoms with Gasteiger partial charge in [-0.15, -0.1) is 0 Å². The first-order valence-electron chi connectivity index (χ1n) is 10.2. The molecule has 1 aromatic carbocycles. The van der Waals surface area contributed by atoms with Gasteiger partial charge in [0, 0.05) is 6.42 Å². The van der Waals surface area contributed by atoms with Crippen molar-refractivity contribution < 1.29 is 39.3 Å². The van der Waals surface area contributed by atoms with E-state index in [0.29, 0.717) is 5.56 Å². The van der Waals surface area contributed by atoms with Crippen LogP contribution >= 0.6 is 0 Å². The number of carboxylic acids is 2. The van der Waals surface area contributed by atoms with Crippen molar-refractivity contribution in [1.82, 2.24) is 16.0 Å². The molecule has 0 heterocycles. The molecule has 0 aromatic heterocycles. The molecule has 12 heteroatoms. The number of carboxylic acid groups (broad SMARTS) is 2. The predicted molar refractivity (Wildman–Crippen MR) is 116 cm³/mol. The Morgan fingerprint density at radius 1 is 0.848 bits per heavy atom. The normalized spacial score (nSPS) is 14.5. The lowest BCUT2D eigenvalue weighted by Crippen LogP contribution is -2.59. The fourth-order valence-corrected chi connectivity index (χ4v) is 2.74. The van der Waals surface area contributed by atoms with E-state index in [0.717, 1.165) is 0 Å². The van der Waals surface area contributed by atoms with Crippen LogP contribution in [0.3, 0.4) is 0 Å². The van der Waals surface area contributed by atoms with Crippen LogP contribution < -0.4 is 21.7 Å². The second kappa shape index (κ2) is 13.1. The molecule has 0 radical (unpaired) electrons. The molecule has 182 valence electrons. The van der Waals surface area contributed by atoms with Gasteiger partial charge in [-0.2, -0.15) is 0 Å². The van der Waals surface area contributed by atoms with Crippen LogP contribution in [0.4, 0.5) is 0 Å². The molecule has 12 nitrogen and oxygen atoms in total.